The van der Waals surface area contributed by atoms with Crippen LogP contribution >= 0.6 is 0 Å². The molecule has 0 aliphatic rings. The van der Waals surface area contributed by atoms with Crippen LogP contribution in [0.4, 0.5) is 0 Å². The van der Waals surface area contributed by atoms with Crippen molar-refractivity contribution in [3.8, 4) is 0 Å². The maximum Gasteiger partial charge on any atom is 0.204 e. The molecule has 76 valence electrons. The second-order valence-electron chi connectivity index (χ2n) is 0.373. The molecule has 0 fully saturated rings. The van der Waals surface area contributed by atoms with Crippen LogP contribution in [0.1, 0.15) is 0 Å². The fourth-order valence-corrected chi connectivity index (χ4v) is 0. The van der Waals surface area contributed by atoms with E-state index in [9.17, 15) is 0 Å². The molecule has 0 amide bonds. The minimum absolute atomic E-state index is 0. The monoisotopic (exact) mass is 366 g/mol. The van der Waals surface area contributed by atoms with Crippen LogP contribution in [-0.2, 0) is 31.5 Å². The summed E-state index contributed by atoms with van der Waals surface area (Å²) in [6.45, 7) is 0. The van der Waals surface area contributed by atoms with Crippen molar-refractivity contribution < 1.29 is 36.6 Å². The van der Waals surface area contributed by atoms with Crippen LogP contribution < -0.4 is 6.15 Å². The topological polar surface area (TPSA) is 200 Å². The molecule has 0 bridgehead atoms. The molecule has 0 saturated carbocycles. The molecule has 0 heterocycles. The maximum absolute atomic E-state index is 8.25. The van der Waals surface area contributed by atoms with Gasteiger partial charge in [0.2, 0.25) is 10.7 Å². The molecule has 0 aromatic carbocycles. The summed E-state index contributed by atoms with van der Waals surface area (Å²) < 4.78 is 0. The van der Waals surface area contributed by atoms with Crippen LogP contribution in [0.3, 0.4) is 0 Å². The van der Waals surface area contributed by atoms with Crippen LogP contribution in [0.15, 0.2) is 10.7 Å². The van der Waals surface area contributed by atoms with Crippen LogP contribution in [0.5, 0.6) is 0 Å². The summed E-state index contributed by atoms with van der Waals surface area (Å²) in [7, 11) is 0. The van der Waals surface area contributed by atoms with E-state index in [-0.39, 0.29) is 27.2 Å². The predicted octanol–water partition coefficient (Wildman–Crippen LogP) is 0.117. The fourth-order valence-electron chi connectivity index (χ4n) is 0. The molecule has 0 aliphatic carbocycles. The number of rotatable bonds is 0. The predicted molar refractivity (Wildman–Crippen MR) is 28.3 cm³/mol. The van der Waals surface area contributed by atoms with Gasteiger partial charge in [-0.2, -0.15) is 0 Å². The normalized spacial score (nSPS) is 4.00. The Morgan fingerprint density at radius 1 is 1.00 bits per heavy atom. The maximum atomic E-state index is 8.25. The van der Waals surface area contributed by atoms with Crippen molar-refractivity contribution >= 4 is 0 Å². The van der Waals surface area contributed by atoms with Crippen molar-refractivity contribution in [1.82, 2.24) is 6.15 Å². The van der Waals surface area contributed by atoms with Crippen LogP contribution in [0.25, 0.3) is 0 Å². The minimum atomic E-state index is -1.75. The van der Waals surface area contributed by atoms with Crippen molar-refractivity contribution in [3.05, 3.63) is 25.1 Å². The van der Waals surface area contributed by atoms with E-state index in [1.165, 1.54) is 0 Å². The average molecular weight is 366 g/mol. The Balaban J connectivity index is -0.0000000191. The van der Waals surface area contributed by atoms with Gasteiger partial charge in [0, 0.05) is 21.1 Å². The standard InChI is InChI=1S/NO3.2NO2.H3N.Pt/c2-1(3)4;2*2-1-3;;/h;;;1H3;/q-1;;;;. The summed E-state index contributed by atoms with van der Waals surface area (Å²) in [6.07, 6.45) is 0. The average Bonchev–Trinajstić information content (AvgIpc) is 1.65. The first-order chi connectivity index (χ1) is 4.56. The van der Waals surface area contributed by atoms with Gasteiger partial charge in [0.25, 0.3) is 0 Å². The molecule has 0 unspecified atom stereocenters. The Morgan fingerprint density at radius 3 is 1.00 bits per heavy atom. The quantitative estimate of drug-likeness (QED) is 0.358. The molecule has 11 nitrogen and oxygen atoms in total. The van der Waals surface area contributed by atoms with Gasteiger partial charge in [-0.3, -0.25) is 0 Å². The van der Waals surface area contributed by atoms with Gasteiger partial charge in [0.05, 0.1) is 5.09 Å². The minimum Gasteiger partial charge on any atom is -0.356 e. The molecule has 3 N–H and O–H groups in total. The molecule has 0 saturated heterocycles. The molecular weight excluding hydrogens is 363 g/mol. The van der Waals surface area contributed by atoms with E-state index in [1.807, 2.05) is 0 Å². The summed E-state index contributed by atoms with van der Waals surface area (Å²) in [6, 6.07) is 0. The third-order valence-corrected chi connectivity index (χ3v) is 0. The zero-order valence-electron chi connectivity index (χ0n) is 5.22. The molecule has 0 rings (SSSR count). The first-order valence-corrected chi connectivity index (χ1v) is 1.28. The second-order valence-corrected chi connectivity index (χ2v) is 0.373. The number of hydrogen-bond acceptors (Lipinski definition) is 8. The van der Waals surface area contributed by atoms with Crippen molar-refractivity contribution in [3.63, 3.8) is 0 Å². The SMILES string of the molecule is N.O=[N+]([O-])[O-].[O]N=O.[O]N=O.[Pt]. The molecule has 0 atom stereocenters. The smallest absolute Gasteiger partial charge is 0.204 e. The van der Waals surface area contributed by atoms with E-state index in [1.54, 1.807) is 0 Å². The molecule has 12 heavy (non-hydrogen) atoms. The zero-order chi connectivity index (χ0) is 8.99. The van der Waals surface area contributed by atoms with Crippen LogP contribution in [-0.4, -0.2) is 5.09 Å². The number of hydrogen-bond donors (Lipinski definition) is 1. The number of nitrogens with zero attached hydrogens (tertiary/aromatic N) is 3. The largest absolute Gasteiger partial charge is 0.356 e. The van der Waals surface area contributed by atoms with Gasteiger partial charge < -0.3 is 21.5 Å². The Hall–Kier alpha value is -1.35. The molecule has 0 aliphatic heterocycles. The Morgan fingerprint density at radius 2 is 1.00 bits per heavy atom. The Kier molecular flexibility index (Phi) is 140. The van der Waals surface area contributed by atoms with Gasteiger partial charge in [-0.05, 0) is 0 Å². The van der Waals surface area contributed by atoms with Gasteiger partial charge >= 0.3 is 0 Å². The van der Waals surface area contributed by atoms with Crippen molar-refractivity contribution in [2.45, 2.75) is 0 Å². The van der Waals surface area contributed by atoms with Crippen LogP contribution in [0.2, 0.25) is 0 Å². The summed E-state index contributed by atoms with van der Waals surface area (Å²) in [5.41, 5.74) is 0. The zero-order valence-corrected chi connectivity index (χ0v) is 7.49. The Labute approximate surface area is 79.2 Å². The molecule has 2 radical (unpaired) electrons. The summed E-state index contributed by atoms with van der Waals surface area (Å²) in [4.78, 5) is 24.2. The summed E-state index contributed by atoms with van der Waals surface area (Å²) >= 11 is 0. The summed E-state index contributed by atoms with van der Waals surface area (Å²) in [5, 5.41) is 32.8. The van der Waals surface area contributed by atoms with E-state index in [0.717, 1.165) is 10.7 Å². The van der Waals surface area contributed by atoms with Gasteiger partial charge in [-0.15, -0.1) is 20.2 Å². The van der Waals surface area contributed by atoms with Gasteiger partial charge in [-0.25, -0.2) is 0 Å². The van der Waals surface area contributed by atoms with Gasteiger partial charge in [-0.1, -0.05) is 0 Å². The molecule has 0 aromatic rings. The first-order valence-electron chi connectivity index (χ1n) is 1.28. The second kappa shape index (κ2) is 54.2. The van der Waals surface area contributed by atoms with Crippen molar-refractivity contribution in [1.29, 1.82) is 0 Å². The van der Waals surface area contributed by atoms with Gasteiger partial charge in [0.1, 0.15) is 0 Å². The summed E-state index contributed by atoms with van der Waals surface area (Å²) in [5.74, 6) is 0. The van der Waals surface area contributed by atoms with E-state index < -0.39 is 5.09 Å². The van der Waals surface area contributed by atoms with E-state index in [0.29, 0.717) is 0 Å². The van der Waals surface area contributed by atoms with E-state index >= 15 is 0 Å². The Bertz CT molecular complexity index is 83.4. The van der Waals surface area contributed by atoms with Crippen LogP contribution in [0, 0.1) is 25.1 Å². The van der Waals surface area contributed by atoms with Gasteiger partial charge in [0.15, 0.2) is 0 Å². The third-order valence-electron chi connectivity index (χ3n) is 0. The van der Waals surface area contributed by atoms with Crippen molar-refractivity contribution in [2.24, 2.45) is 10.7 Å². The van der Waals surface area contributed by atoms with E-state index in [4.69, 9.17) is 35.6 Å². The molecule has 0 spiro atoms. The molecular formula is H3N4O7Pt-. The molecule has 12 heteroatoms. The van der Waals surface area contributed by atoms with Crippen molar-refractivity contribution in [2.75, 3.05) is 0 Å². The third kappa shape index (κ3) is 277. The van der Waals surface area contributed by atoms with E-state index in [2.05, 4.69) is 0 Å². The first kappa shape index (κ1) is 31.1. The fraction of sp³-hybridized carbons (Fsp3) is 0. The molecule has 0 aromatic heterocycles.